The molecule has 1 unspecified atom stereocenters. The summed E-state index contributed by atoms with van der Waals surface area (Å²) in [4.78, 5) is 4.38. The molecule has 0 saturated heterocycles. The zero-order valence-electron chi connectivity index (χ0n) is 12.1. The fourth-order valence-corrected chi connectivity index (χ4v) is 2.28. The molecule has 3 N–H and O–H groups in total. The van der Waals surface area contributed by atoms with Gasteiger partial charge in [-0.3, -0.25) is 0 Å². The zero-order valence-corrected chi connectivity index (χ0v) is 12.1. The van der Waals surface area contributed by atoms with Gasteiger partial charge in [-0.2, -0.15) is 0 Å². The maximum Gasteiger partial charge on any atom is 0.0955 e. The minimum absolute atomic E-state index is 0.540. The van der Waals surface area contributed by atoms with Gasteiger partial charge in [0.1, 0.15) is 0 Å². The number of fused-ring (bicyclic) bond motifs is 1. The fourth-order valence-electron chi connectivity index (χ4n) is 2.28. The topological polar surface area (TPSA) is 55.9 Å². The molecule has 0 fully saturated rings. The van der Waals surface area contributed by atoms with Crippen molar-refractivity contribution in [1.82, 2.24) is 14.9 Å². The third-order valence-corrected chi connectivity index (χ3v) is 3.77. The van der Waals surface area contributed by atoms with Crippen molar-refractivity contribution >= 4 is 11.0 Å². The van der Waals surface area contributed by atoms with Gasteiger partial charge in [-0.1, -0.05) is 19.9 Å². The number of aryl methyl sites for hydroxylation is 1. The van der Waals surface area contributed by atoms with Crippen LogP contribution in [0.15, 0.2) is 24.5 Å². The Morgan fingerprint density at radius 1 is 1.37 bits per heavy atom. The Morgan fingerprint density at radius 2 is 2.16 bits per heavy atom. The summed E-state index contributed by atoms with van der Waals surface area (Å²) in [5.41, 5.74) is 9.28. The molecular weight excluding hydrogens is 236 g/mol. The molecule has 0 aliphatic carbocycles. The number of rotatable bonds is 6. The van der Waals surface area contributed by atoms with E-state index >= 15 is 0 Å². The Hall–Kier alpha value is -1.39. The molecule has 0 spiro atoms. The molecule has 1 aromatic carbocycles. The van der Waals surface area contributed by atoms with Crippen molar-refractivity contribution in [1.29, 1.82) is 0 Å². The van der Waals surface area contributed by atoms with E-state index in [0.29, 0.717) is 11.8 Å². The first-order valence-corrected chi connectivity index (χ1v) is 6.92. The third-order valence-electron chi connectivity index (χ3n) is 3.77. The van der Waals surface area contributed by atoms with Gasteiger partial charge in [0, 0.05) is 13.6 Å². The Balaban J connectivity index is 1.94. The molecule has 0 bridgehead atoms. The summed E-state index contributed by atoms with van der Waals surface area (Å²) >= 11 is 0. The van der Waals surface area contributed by atoms with Crippen LogP contribution in [0.3, 0.4) is 0 Å². The van der Waals surface area contributed by atoms with Crippen molar-refractivity contribution in [2.75, 3.05) is 13.1 Å². The van der Waals surface area contributed by atoms with E-state index in [9.17, 15) is 0 Å². The lowest BCUT2D eigenvalue weighted by Crippen LogP contribution is -2.31. The summed E-state index contributed by atoms with van der Waals surface area (Å²) in [6.07, 6.45) is 1.85. The Labute approximate surface area is 115 Å². The number of aromatic nitrogens is 2. The SMILES string of the molecule is CC(C)C(CN)CNCc1ccc2c(c1)ncn2C. The van der Waals surface area contributed by atoms with Crippen molar-refractivity contribution in [2.24, 2.45) is 24.6 Å². The molecule has 0 aliphatic heterocycles. The minimum atomic E-state index is 0.540. The van der Waals surface area contributed by atoms with E-state index in [0.717, 1.165) is 25.2 Å². The van der Waals surface area contributed by atoms with Gasteiger partial charge in [0.15, 0.2) is 0 Å². The van der Waals surface area contributed by atoms with Gasteiger partial charge in [-0.25, -0.2) is 4.98 Å². The molecule has 0 saturated carbocycles. The van der Waals surface area contributed by atoms with Crippen LogP contribution in [0.4, 0.5) is 0 Å². The minimum Gasteiger partial charge on any atom is -0.334 e. The van der Waals surface area contributed by atoms with Crippen LogP contribution < -0.4 is 11.1 Å². The number of nitrogens with zero attached hydrogens (tertiary/aromatic N) is 2. The van der Waals surface area contributed by atoms with Gasteiger partial charge in [-0.05, 0) is 42.6 Å². The number of nitrogens with one attached hydrogen (secondary N) is 1. The highest BCUT2D eigenvalue weighted by Crippen LogP contribution is 2.14. The molecule has 0 aliphatic rings. The highest BCUT2D eigenvalue weighted by molar-refractivity contribution is 5.75. The predicted molar refractivity (Wildman–Crippen MR) is 79.8 cm³/mol. The van der Waals surface area contributed by atoms with Crippen LogP contribution in [-0.4, -0.2) is 22.6 Å². The van der Waals surface area contributed by atoms with Crippen LogP contribution in [0.25, 0.3) is 11.0 Å². The zero-order chi connectivity index (χ0) is 13.8. The number of hydrogen-bond donors (Lipinski definition) is 2. The van der Waals surface area contributed by atoms with E-state index in [-0.39, 0.29) is 0 Å². The number of hydrogen-bond acceptors (Lipinski definition) is 3. The van der Waals surface area contributed by atoms with Gasteiger partial charge in [0.05, 0.1) is 17.4 Å². The smallest absolute Gasteiger partial charge is 0.0955 e. The second-order valence-corrected chi connectivity index (χ2v) is 5.55. The van der Waals surface area contributed by atoms with Crippen LogP contribution in [0.2, 0.25) is 0 Å². The highest BCUT2D eigenvalue weighted by atomic mass is 15.0. The van der Waals surface area contributed by atoms with Crippen LogP contribution in [-0.2, 0) is 13.6 Å². The first-order valence-electron chi connectivity index (χ1n) is 6.92. The van der Waals surface area contributed by atoms with E-state index in [1.807, 2.05) is 17.9 Å². The molecule has 4 nitrogen and oxygen atoms in total. The number of imidazole rings is 1. The van der Waals surface area contributed by atoms with Crippen molar-refractivity contribution in [2.45, 2.75) is 20.4 Å². The average Bonchev–Trinajstić information content (AvgIpc) is 2.75. The van der Waals surface area contributed by atoms with Crippen LogP contribution >= 0.6 is 0 Å². The molecule has 104 valence electrons. The highest BCUT2D eigenvalue weighted by Gasteiger charge is 2.10. The Kier molecular flexibility index (Phi) is 4.56. The summed E-state index contributed by atoms with van der Waals surface area (Å²) in [7, 11) is 2.02. The maximum absolute atomic E-state index is 5.78. The monoisotopic (exact) mass is 260 g/mol. The van der Waals surface area contributed by atoms with Crippen LogP contribution in [0, 0.1) is 11.8 Å². The Morgan fingerprint density at radius 3 is 2.84 bits per heavy atom. The molecule has 2 aromatic rings. The lowest BCUT2D eigenvalue weighted by molar-refractivity contribution is 0.370. The summed E-state index contributed by atoms with van der Waals surface area (Å²) in [6.45, 7) is 7.02. The maximum atomic E-state index is 5.78. The number of benzene rings is 1. The van der Waals surface area contributed by atoms with E-state index in [1.54, 1.807) is 0 Å². The van der Waals surface area contributed by atoms with Crippen LogP contribution in [0.1, 0.15) is 19.4 Å². The van der Waals surface area contributed by atoms with Gasteiger partial charge < -0.3 is 15.6 Å². The van der Waals surface area contributed by atoms with Crippen LogP contribution in [0.5, 0.6) is 0 Å². The third kappa shape index (κ3) is 3.33. The summed E-state index contributed by atoms with van der Waals surface area (Å²) in [5.74, 6) is 1.16. The molecular formula is C15H24N4. The summed E-state index contributed by atoms with van der Waals surface area (Å²) in [6, 6.07) is 6.43. The second kappa shape index (κ2) is 6.17. The first-order chi connectivity index (χ1) is 9.11. The lowest BCUT2D eigenvalue weighted by atomic mass is 9.96. The fraction of sp³-hybridized carbons (Fsp3) is 0.533. The lowest BCUT2D eigenvalue weighted by Gasteiger charge is -2.19. The van der Waals surface area contributed by atoms with Crippen molar-refractivity contribution in [3.63, 3.8) is 0 Å². The number of nitrogens with two attached hydrogens (primary N) is 1. The molecule has 1 aromatic heterocycles. The van der Waals surface area contributed by atoms with E-state index in [1.165, 1.54) is 11.1 Å². The normalized spacial score (nSPS) is 13.3. The van der Waals surface area contributed by atoms with Gasteiger partial charge in [-0.15, -0.1) is 0 Å². The quantitative estimate of drug-likeness (QED) is 0.834. The second-order valence-electron chi connectivity index (χ2n) is 5.55. The molecule has 2 rings (SSSR count). The van der Waals surface area contributed by atoms with Gasteiger partial charge in [0.25, 0.3) is 0 Å². The first kappa shape index (κ1) is 14.0. The summed E-state index contributed by atoms with van der Waals surface area (Å²) < 4.78 is 2.04. The molecule has 4 heteroatoms. The average molecular weight is 260 g/mol. The molecule has 0 radical (unpaired) electrons. The van der Waals surface area contributed by atoms with Gasteiger partial charge in [0.2, 0.25) is 0 Å². The standard InChI is InChI=1S/C15H24N4/c1-11(2)13(7-16)9-17-8-12-4-5-15-14(6-12)18-10-19(15)3/h4-6,10-11,13,17H,7-9,16H2,1-3H3. The molecule has 0 amide bonds. The van der Waals surface area contributed by atoms with E-state index in [4.69, 9.17) is 5.73 Å². The van der Waals surface area contributed by atoms with E-state index < -0.39 is 0 Å². The van der Waals surface area contributed by atoms with Crippen molar-refractivity contribution in [3.8, 4) is 0 Å². The van der Waals surface area contributed by atoms with Crippen molar-refractivity contribution < 1.29 is 0 Å². The largest absolute Gasteiger partial charge is 0.334 e. The molecule has 1 heterocycles. The predicted octanol–water partition coefficient (Wildman–Crippen LogP) is 1.89. The van der Waals surface area contributed by atoms with E-state index in [2.05, 4.69) is 42.3 Å². The molecule has 19 heavy (non-hydrogen) atoms. The van der Waals surface area contributed by atoms with Crippen molar-refractivity contribution in [3.05, 3.63) is 30.1 Å². The summed E-state index contributed by atoms with van der Waals surface area (Å²) in [5, 5.41) is 3.49. The molecule has 1 atom stereocenters. The van der Waals surface area contributed by atoms with Gasteiger partial charge >= 0.3 is 0 Å². The Bertz CT molecular complexity index is 530.